The van der Waals surface area contributed by atoms with Gasteiger partial charge in [-0.3, -0.25) is 9.48 Å². The zero-order valence-electron chi connectivity index (χ0n) is 18.3. The summed E-state index contributed by atoms with van der Waals surface area (Å²) in [4.78, 5) is 20.5. The summed E-state index contributed by atoms with van der Waals surface area (Å²) < 4.78 is 6.82. The van der Waals surface area contributed by atoms with E-state index < -0.39 is 12.0 Å². The number of hydrogen-bond acceptors (Lipinski definition) is 6. The maximum absolute atomic E-state index is 11.4. The van der Waals surface area contributed by atoms with Gasteiger partial charge in [-0.15, -0.1) is 0 Å². The van der Waals surface area contributed by atoms with E-state index in [-0.39, 0.29) is 6.42 Å². The lowest BCUT2D eigenvalue weighted by atomic mass is 10.1. The number of ether oxygens (including phenoxy) is 1. The molecule has 0 fully saturated rings. The Morgan fingerprint density at radius 1 is 1.19 bits per heavy atom. The van der Waals surface area contributed by atoms with Crippen LogP contribution in [0.5, 0.6) is 5.88 Å². The van der Waals surface area contributed by atoms with Gasteiger partial charge in [0.2, 0.25) is 5.88 Å². The second-order valence-corrected chi connectivity index (χ2v) is 8.08. The molecule has 0 spiro atoms. The first-order chi connectivity index (χ1) is 15.6. The number of hydrogen-bond donors (Lipinski definition) is 2. The van der Waals surface area contributed by atoms with Crippen LogP contribution in [0.3, 0.4) is 0 Å². The van der Waals surface area contributed by atoms with Crippen molar-refractivity contribution < 1.29 is 14.6 Å². The van der Waals surface area contributed by atoms with E-state index in [2.05, 4.69) is 27.5 Å². The number of nitrogens with zero attached hydrogens (tertiary/aromatic N) is 4. The van der Waals surface area contributed by atoms with Crippen LogP contribution in [0.15, 0.2) is 42.7 Å². The number of aryl methyl sites for hydroxylation is 3. The Morgan fingerprint density at radius 2 is 2.06 bits per heavy atom. The highest BCUT2D eigenvalue weighted by molar-refractivity contribution is 5.68. The molecule has 3 aromatic rings. The first-order valence-electron chi connectivity index (χ1n) is 11.1. The van der Waals surface area contributed by atoms with Crippen molar-refractivity contribution in [2.75, 3.05) is 19.0 Å². The normalized spacial score (nSPS) is 14.2. The quantitative estimate of drug-likeness (QED) is 0.529. The third-order valence-electron chi connectivity index (χ3n) is 5.77. The summed E-state index contributed by atoms with van der Waals surface area (Å²) in [6, 6.07) is 9.43. The van der Waals surface area contributed by atoms with Crippen LogP contribution in [0.2, 0.25) is 0 Å². The van der Waals surface area contributed by atoms with Crippen LogP contribution < -0.4 is 10.1 Å². The average Bonchev–Trinajstić information content (AvgIpc) is 3.14. The van der Waals surface area contributed by atoms with E-state index in [1.165, 1.54) is 18.4 Å². The van der Waals surface area contributed by atoms with Crippen LogP contribution in [0.1, 0.15) is 54.2 Å². The summed E-state index contributed by atoms with van der Waals surface area (Å²) in [6.45, 7) is 0.988. The molecule has 4 rings (SSSR count). The largest absolute Gasteiger partial charge is 0.481 e. The smallest absolute Gasteiger partial charge is 0.305 e. The Hall–Kier alpha value is -3.42. The van der Waals surface area contributed by atoms with Crippen molar-refractivity contribution in [2.24, 2.45) is 0 Å². The van der Waals surface area contributed by atoms with Crippen LogP contribution in [0.25, 0.3) is 0 Å². The van der Waals surface area contributed by atoms with E-state index >= 15 is 0 Å². The molecular formula is C24H29N5O3. The molecule has 2 N–H and O–H groups in total. The molecule has 1 aliphatic heterocycles. The molecule has 32 heavy (non-hydrogen) atoms. The number of rotatable bonds is 9. The molecule has 168 valence electrons. The molecule has 0 unspecified atom stereocenters. The number of carboxylic acid groups (broad SMARTS) is 1. The standard InChI is InChI=1S/C24H29N5O3/c1-32-22-11-9-18(16-26-22)21(15-23(30)31)29-14-12-20(28-29)7-4-6-19-10-8-17-5-2-3-13-25-24(17)27-19/h8-12,14,16,21H,2-7,13,15H2,1H3,(H,25,27)(H,30,31)/t21-/m1/s1. The first kappa shape index (κ1) is 21.8. The van der Waals surface area contributed by atoms with E-state index in [1.54, 1.807) is 24.1 Å². The average molecular weight is 436 g/mol. The molecule has 0 radical (unpaired) electrons. The van der Waals surface area contributed by atoms with Crippen molar-refractivity contribution in [1.29, 1.82) is 0 Å². The van der Waals surface area contributed by atoms with Gasteiger partial charge in [-0.05, 0) is 67.9 Å². The summed E-state index contributed by atoms with van der Waals surface area (Å²) in [5, 5.41) is 17.5. The highest BCUT2D eigenvalue weighted by Gasteiger charge is 2.19. The van der Waals surface area contributed by atoms with Crippen LogP contribution in [-0.2, 0) is 24.1 Å². The topological polar surface area (TPSA) is 102 Å². The number of aromatic nitrogens is 4. The van der Waals surface area contributed by atoms with Gasteiger partial charge in [0.05, 0.1) is 25.3 Å². The molecule has 0 aliphatic carbocycles. The Morgan fingerprint density at radius 3 is 2.84 bits per heavy atom. The molecule has 4 heterocycles. The van der Waals surface area contributed by atoms with Gasteiger partial charge in [-0.1, -0.05) is 6.07 Å². The predicted octanol–water partition coefficient (Wildman–Crippen LogP) is 3.67. The molecule has 0 bridgehead atoms. The molecule has 0 amide bonds. The molecule has 8 heteroatoms. The van der Waals surface area contributed by atoms with E-state index in [9.17, 15) is 9.90 Å². The predicted molar refractivity (Wildman–Crippen MR) is 121 cm³/mol. The van der Waals surface area contributed by atoms with E-state index in [0.717, 1.165) is 55.0 Å². The lowest BCUT2D eigenvalue weighted by Crippen LogP contribution is -2.16. The summed E-state index contributed by atoms with van der Waals surface area (Å²) in [5.74, 6) is 0.644. The minimum Gasteiger partial charge on any atom is -0.481 e. The number of pyridine rings is 2. The summed E-state index contributed by atoms with van der Waals surface area (Å²) >= 11 is 0. The van der Waals surface area contributed by atoms with Crippen molar-refractivity contribution in [3.63, 3.8) is 0 Å². The highest BCUT2D eigenvalue weighted by Crippen LogP contribution is 2.23. The van der Waals surface area contributed by atoms with Gasteiger partial charge in [0.15, 0.2) is 0 Å². The molecule has 1 atom stereocenters. The van der Waals surface area contributed by atoms with Crippen LogP contribution in [-0.4, -0.2) is 44.5 Å². The van der Waals surface area contributed by atoms with Gasteiger partial charge in [-0.25, -0.2) is 9.97 Å². The Balaban J connectivity index is 1.39. The van der Waals surface area contributed by atoms with Gasteiger partial charge in [0.25, 0.3) is 0 Å². The number of fused-ring (bicyclic) bond motifs is 1. The van der Waals surface area contributed by atoms with Crippen LogP contribution in [0, 0.1) is 0 Å². The summed E-state index contributed by atoms with van der Waals surface area (Å²) in [5.41, 5.74) is 4.12. The zero-order valence-corrected chi connectivity index (χ0v) is 18.3. The van der Waals surface area contributed by atoms with Crippen molar-refractivity contribution in [3.8, 4) is 5.88 Å². The fraction of sp³-hybridized carbons (Fsp3) is 0.417. The van der Waals surface area contributed by atoms with E-state index in [1.807, 2.05) is 18.3 Å². The van der Waals surface area contributed by atoms with Crippen molar-refractivity contribution >= 4 is 11.8 Å². The molecule has 8 nitrogen and oxygen atoms in total. The lowest BCUT2D eigenvalue weighted by Gasteiger charge is -2.16. The minimum atomic E-state index is -0.884. The van der Waals surface area contributed by atoms with Crippen molar-refractivity contribution in [3.05, 3.63) is 65.2 Å². The fourth-order valence-corrected chi connectivity index (χ4v) is 4.04. The molecule has 0 saturated carbocycles. The SMILES string of the molecule is COc1ccc([C@@H](CC(=O)O)n2ccc(CCCc3ccc4c(n3)NCCCC4)n2)cn1. The van der Waals surface area contributed by atoms with E-state index in [4.69, 9.17) is 9.72 Å². The molecule has 1 aliphatic rings. The Labute approximate surface area is 187 Å². The number of carboxylic acids is 1. The maximum atomic E-state index is 11.4. The summed E-state index contributed by atoms with van der Waals surface area (Å²) in [6.07, 6.45) is 9.51. The number of methoxy groups -OCH3 is 1. The van der Waals surface area contributed by atoms with Gasteiger partial charge in [0.1, 0.15) is 5.82 Å². The fourth-order valence-electron chi connectivity index (χ4n) is 4.04. The number of anilines is 1. The van der Waals surface area contributed by atoms with E-state index in [0.29, 0.717) is 5.88 Å². The third kappa shape index (κ3) is 5.43. The second kappa shape index (κ2) is 10.3. The van der Waals surface area contributed by atoms with Gasteiger partial charge < -0.3 is 15.2 Å². The zero-order chi connectivity index (χ0) is 22.3. The molecule has 3 aromatic heterocycles. The monoisotopic (exact) mass is 435 g/mol. The number of nitrogens with one attached hydrogen (secondary N) is 1. The minimum absolute atomic E-state index is 0.0683. The molecular weight excluding hydrogens is 406 g/mol. The molecule has 0 aromatic carbocycles. The lowest BCUT2D eigenvalue weighted by molar-refractivity contribution is -0.137. The maximum Gasteiger partial charge on any atom is 0.305 e. The third-order valence-corrected chi connectivity index (χ3v) is 5.77. The van der Waals surface area contributed by atoms with Gasteiger partial charge in [0, 0.05) is 30.7 Å². The van der Waals surface area contributed by atoms with Crippen molar-refractivity contribution in [2.45, 2.75) is 51.0 Å². The highest BCUT2D eigenvalue weighted by atomic mass is 16.5. The van der Waals surface area contributed by atoms with Crippen molar-refractivity contribution in [1.82, 2.24) is 19.7 Å². The van der Waals surface area contributed by atoms with Crippen LogP contribution in [0.4, 0.5) is 5.82 Å². The number of carbonyl (C=O) groups is 1. The van der Waals surface area contributed by atoms with Gasteiger partial charge in [-0.2, -0.15) is 5.10 Å². The second-order valence-electron chi connectivity index (χ2n) is 8.08. The Bertz CT molecular complexity index is 1050. The number of aliphatic carboxylic acids is 1. The van der Waals surface area contributed by atoms with Crippen LogP contribution >= 0.6 is 0 Å². The molecule has 0 saturated heterocycles. The Kier molecular flexibility index (Phi) is 6.99. The first-order valence-corrected chi connectivity index (χ1v) is 11.1. The summed E-state index contributed by atoms with van der Waals surface area (Å²) in [7, 11) is 1.55. The van der Waals surface area contributed by atoms with Gasteiger partial charge >= 0.3 is 5.97 Å².